The van der Waals surface area contributed by atoms with Gasteiger partial charge in [0.05, 0.1) is 21.2 Å². The summed E-state index contributed by atoms with van der Waals surface area (Å²) >= 11 is 8.42. The zero-order valence-corrected chi connectivity index (χ0v) is 23.9. The van der Waals surface area contributed by atoms with E-state index in [1.54, 1.807) is 11.3 Å². The van der Waals surface area contributed by atoms with E-state index in [-0.39, 0.29) is 18.2 Å². The van der Waals surface area contributed by atoms with Gasteiger partial charge in [-0.05, 0) is 97.5 Å². The Morgan fingerprint density at radius 3 is 2.35 bits per heavy atom. The Hall–Kier alpha value is -4.05. The molecule has 4 aromatic carbocycles. The summed E-state index contributed by atoms with van der Waals surface area (Å²) in [5.41, 5.74) is 5.44. The highest BCUT2D eigenvalue weighted by Gasteiger charge is 2.40. The number of thiocarbonyl (C=S) groups is 1. The van der Waals surface area contributed by atoms with Crippen LogP contribution in [0.3, 0.4) is 0 Å². The van der Waals surface area contributed by atoms with Crippen LogP contribution in [-0.2, 0) is 9.59 Å². The summed E-state index contributed by atoms with van der Waals surface area (Å²) in [5.74, 6) is -0.394. The van der Waals surface area contributed by atoms with E-state index in [0.29, 0.717) is 10.8 Å². The number of hydrogen-bond donors (Lipinski definition) is 2. The lowest BCUT2D eigenvalue weighted by Crippen LogP contribution is -2.31. The third kappa shape index (κ3) is 5.62. The van der Waals surface area contributed by atoms with Crippen molar-refractivity contribution in [2.24, 2.45) is 0 Å². The molecule has 0 radical (unpaired) electrons. The zero-order valence-electron chi connectivity index (χ0n) is 21.5. The zero-order chi connectivity index (χ0) is 27.6. The molecule has 5 aromatic rings. The highest BCUT2D eigenvalue weighted by molar-refractivity contribution is 8.00. The van der Waals surface area contributed by atoms with Crippen LogP contribution < -0.4 is 15.5 Å². The number of imide groups is 1. The molecule has 6 rings (SSSR count). The summed E-state index contributed by atoms with van der Waals surface area (Å²) in [4.78, 5) is 33.0. The van der Waals surface area contributed by atoms with E-state index < -0.39 is 5.25 Å². The van der Waals surface area contributed by atoms with Crippen LogP contribution in [0.4, 0.5) is 17.1 Å². The van der Waals surface area contributed by atoms with Gasteiger partial charge < -0.3 is 10.6 Å². The summed E-state index contributed by atoms with van der Waals surface area (Å²) in [6, 6.07) is 31.1. The van der Waals surface area contributed by atoms with Gasteiger partial charge in [0.2, 0.25) is 11.8 Å². The van der Waals surface area contributed by atoms with Gasteiger partial charge in [0.15, 0.2) is 5.11 Å². The van der Waals surface area contributed by atoms with E-state index in [9.17, 15) is 9.59 Å². The Bertz CT molecular complexity index is 1720. The van der Waals surface area contributed by atoms with E-state index in [1.165, 1.54) is 22.2 Å². The predicted octanol–water partition coefficient (Wildman–Crippen LogP) is 7.50. The summed E-state index contributed by atoms with van der Waals surface area (Å²) in [6.07, 6.45) is 0.160. The molecular formula is C31H24N4O2S3. The van der Waals surface area contributed by atoms with Crippen molar-refractivity contribution in [3.63, 3.8) is 0 Å². The minimum absolute atomic E-state index is 0.160. The molecule has 6 nitrogen and oxygen atoms in total. The van der Waals surface area contributed by atoms with Crippen molar-refractivity contribution in [3.8, 4) is 10.6 Å². The largest absolute Gasteiger partial charge is 0.332 e. The highest BCUT2D eigenvalue weighted by Crippen LogP contribution is 2.36. The van der Waals surface area contributed by atoms with Gasteiger partial charge in [-0.15, -0.1) is 23.1 Å². The van der Waals surface area contributed by atoms with Crippen LogP contribution in [-0.4, -0.2) is 27.2 Å². The van der Waals surface area contributed by atoms with Gasteiger partial charge in [-0.1, -0.05) is 24.3 Å². The first kappa shape index (κ1) is 26.2. The molecule has 0 spiro atoms. The minimum Gasteiger partial charge on any atom is -0.332 e. The molecule has 1 aromatic heterocycles. The van der Waals surface area contributed by atoms with Crippen molar-refractivity contribution in [2.45, 2.75) is 23.5 Å². The second kappa shape index (κ2) is 11.2. The highest BCUT2D eigenvalue weighted by atomic mass is 32.2. The van der Waals surface area contributed by atoms with Gasteiger partial charge in [0, 0.05) is 28.3 Å². The number of fused-ring (bicyclic) bond motifs is 1. The smallest absolute Gasteiger partial charge is 0.247 e. The van der Waals surface area contributed by atoms with Crippen LogP contribution in [0, 0.1) is 6.92 Å². The van der Waals surface area contributed by atoms with Gasteiger partial charge in [-0.2, -0.15) is 0 Å². The number of benzene rings is 4. The molecule has 1 saturated heterocycles. The van der Waals surface area contributed by atoms with Crippen molar-refractivity contribution >= 4 is 79.5 Å². The number of aryl methyl sites for hydroxylation is 1. The first-order valence-electron chi connectivity index (χ1n) is 12.7. The normalized spacial score (nSPS) is 15.0. The lowest BCUT2D eigenvalue weighted by molar-refractivity contribution is -0.121. The van der Waals surface area contributed by atoms with Crippen LogP contribution in [0.1, 0.15) is 12.0 Å². The maximum atomic E-state index is 13.2. The maximum Gasteiger partial charge on any atom is 0.247 e. The summed E-state index contributed by atoms with van der Waals surface area (Å²) in [5, 5.41) is 7.23. The van der Waals surface area contributed by atoms with E-state index >= 15 is 0 Å². The fourth-order valence-electron chi connectivity index (χ4n) is 4.47. The molecule has 1 fully saturated rings. The lowest BCUT2D eigenvalue weighted by Gasteiger charge is -2.15. The van der Waals surface area contributed by atoms with Crippen LogP contribution in [0.15, 0.2) is 102 Å². The Balaban J connectivity index is 1.09. The summed E-state index contributed by atoms with van der Waals surface area (Å²) in [7, 11) is 0. The van der Waals surface area contributed by atoms with Gasteiger partial charge in [-0.25, -0.2) is 9.88 Å². The number of carbonyl (C=O) groups is 2. The predicted molar refractivity (Wildman–Crippen MR) is 169 cm³/mol. The number of carbonyl (C=O) groups excluding carboxylic acids is 2. The van der Waals surface area contributed by atoms with Crippen LogP contribution in [0.2, 0.25) is 0 Å². The molecule has 9 heteroatoms. The molecular weight excluding hydrogens is 557 g/mol. The van der Waals surface area contributed by atoms with Gasteiger partial charge in [0.1, 0.15) is 5.01 Å². The average molecular weight is 581 g/mol. The van der Waals surface area contributed by atoms with Gasteiger partial charge in [-0.3, -0.25) is 9.59 Å². The first-order chi connectivity index (χ1) is 19.4. The third-order valence-corrected chi connectivity index (χ3v) is 8.91. The number of nitrogens with zero attached hydrogens (tertiary/aromatic N) is 2. The number of thioether (sulfide) groups is 1. The molecule has 0 saturated carbocycles. The number of nitrogens with one attached hydrogen (secondary N) is 2. The molecule has 0 unspecified atom stereocenters. The first-order valence-corrected chi connectivity index (χ1v) is 14.8. The van der Waals surface area contributed by atoms with Crippen LogP contribution in [0.5, 0.6) is 0 Å². The molecule has 40 heavy (non-hydrogen) atoms. The molecule has 2 N–H and O–H groups in total. The third-order valence-electron chi connectivity index (χ3n) is 6.44. The second-order valence-electron chi connectivity index (χ2n) is 9.38. The summed E-state index contributed by atoms with van der Waals surface area (Å²) in [6.45, 7) is 2.07. The van der Waals surface area contributed by atoms with E-state index in [2.05, 4.69) is 29.7 Å². The standard InChI is InChI=1S/C31H24N4O2S3/c1-19-7-16-25-26(17-19)40-29(34-25)20-8-12-23(13-9-20)35-28(36)18-27(30(35)37)39-24-14-10-22(11-15-24)33-31(38)32-21-5-3-2-4-6-21/h2-17,27H,18H2,1H3,(H2,32,33,38)/t27-/m1/s1. The Morgan fingerprint density at radius 2 is 1.62 bits per heavy atom. The number of amides is 2. The van der Waals surface area contributed by atoms with Crippen molar-refractivity contribution in [1.29, 1.82) is 0 Å². The van der Waals surface area contributed by atoms with Crippen molar-refractivity contribution in [2.75, 3.05) is 15.5 Å². The minimum atomic E-state index is -0.473. The van der Waals surface area contributed by atoms with Crippen LogP contribution in [0.25, 0.3) is 20.8 Å². The van der Waals surface area contributed by atoms with E-state index in [4.69, 9.17) is 17.2 Å². The molecule has 1 atom stereocenters. The number of anilines is 3. The van der Waals surface area contributed by atoms with Crippen molar-refractivity contribution in [1.82, 2.24) is 4.98 Å². The number of hydrogen-bond acceptors (Lipinski definition) is 6. The number of rotatable bonds is 6. The molecule has 1 aliphatic heterocycles. The number of aromatic nitrogens is 1. The van der Waals surface area contributed by atoms with Gasteiger partial charge >= 0.3 is 0 Å². The van der Waals surface area contributed by atoms with Crippen LogP contribution >= 0.6 is 35.3 Å². The Kier molecular flexibility index (Phi) is 7.34. The molecule has 2 amide bonds. The van der Waals surface area contributed by atoms with Gasteiger partial charge in [0.25, 0.3) is 0 Å². The van der Waals surface area contributed by atoms with Crippen molar-refractivity contribution < 1.29 is 9.59 Å². The van der Waals surface area contributed by atoms with E-state index in [0.717, 1.165) is 37.1 Å². The molecule has 198 valence electrons. The number of para-hydroxylation sites is 1. The lowest BCUT2D eigenvalue weighted by atomic mass is 10.2. The summed E-state index contributed by atoms with van der Waals surface area (Å²) < 4.78 is 1.14. The monoisotopic (exact) mass is 580 g/mol. The Morgan fingerprint density at radius 1 is 0.925 bits per heavy atom. The topological polar surface area (TPSA) is 74.3 Å². The Labute approximate surface area is 245 Å². The quantitative estimate of drug-likeness (QED) is 0.159. The molecule has 0 aliphatic carbocycles. The second-order valence-corrected chi connectivity index (χ2v) is 12.1. The average Bonchev–Trinajstić information content (AvgIpc) is 3.49. The fourth-order valence-corrected chi connectivity index (χ4v) is 6.83. The molecule has 2 heterocycles. The molecule has 0 bridgehead atoms. The van der Waals surface area contributed by atoms with E-state index in [1.807, 2.05) is 84.9 Å². The van der Waals surface area contributed by atoms with Crippen molar-refractivity contribution in [3.05, 3.63) is 103 Å². The number of thiazole rings is 1. The molecule has 1 aliphatic rings. The fraction of sp³-hybridized carbons (Fsp3) is 0.0968. The SMILES string of the molecule is Cc1ccc2nc(-c3ccc(N4C(=O)C[C@@H](Sc5ccc(NC(=S)Nc6ccccc6)cc5)C4=O)cc3)sc2c1. The maximum absolute atomic E-state index is 13.2.